The van der Waals surface area contributed by atoms with E-state index in [4.69, 9.17) is 15.2 Å². The van der Waals surface area contributed by atoms with E-state index in [1.54, 1.807) is 30.3 Å². The lowest BCUT2D eigenvalue weighted by atomic mass is 10.1. The number of nitro groups is 1. The molecule has 0 atom stereocenters. The Morgan fingerprint density at radius 1 is 1.31 bits per heavy atom. The van der Waals surface area contributed by atoms with Crippen molar-refractivity contribution in [3.05, 3.63) is 57.6 Å². The van der Waals surface area contributed by atoms with Crippen LogP contribution in [0.2, 0.25) is 0 Å². The zero-order chi connectivity index (χ0) is 21.2. The Bertz CT molecular complexity index is 898. The standard InChI is InChI=1S/C20H24N4O5/c1-3-4-7-10-29-19-17(24(26)27)11-14(12-18(19)28-2)13-22-23-20(25)15-8-5-6-9-16(15)21/h5-6,8-9,11-13H,3-4,7,10,21H2,1-2H3,(H,23,25)/b22-13-. The van der Waals surface area contributed by atoms with Gasteiger partial charge in [-0.1, -0.05) is 31.9 Å². The van der Waals surface area contributed by atoms with Crippen molar-refractivity contribution in [1.82, 2.24) is 5.43 Å². The molecule has 9 heteroatoms. The number of carbonyl (C=O) groups excluding carboxylic acids is 1. The van der Waals surface area contributed by atoms with Crippen LogP contribution in [0.4, 0.5) is 11.4 Å². The fraction of sp³-hybridized carbons (Fsp3) is 0.300. The molecule has 9 nitrogen and oxygen atoms in total. The molecule has 0 radical (unpaired) electrons. The quantitative estimate of drug-likeness (QED) is 0.206. The van der Waals surface area contributed by atoms with Crippen LogP contribution in [0.5, 0.6) is 11.5 Å². The molecule has 29 heavy (non-hydrogen) atoms. The van der Waals surface area contributed by atoms with E-state index >= 15 is 0 Å². The van der Waals surface area contributed by atoms with Crippen LogP contribution in [0.15, 0.2) is 41.5 Å². The number of hydrazone groups is 1. The van der Waals surface area contributed by atoms with E-state index in [1.165, 1.54) is 19.4 Å². The molecule has 0 aliphatic heterocycles. The van der Waals surface area contributed by atoms with Crippen molar-refractivity contribution in [2.24, 2.45) is 5.10 Å². The van der Waals surface area contributed by atoms with Gasteiger partial charge in [-0.25, -0.2) is 5.43 Å². The molecule has 0 aliphatic carbocycles. The number of benzene rings is 2. The third kappa shape index (κ3) is 5.93. The number of carbonyl (C=O) groups is 1. The average Bonchev–Trinajstić information content (AvgIpc) is 2.71. The van der Waals surface area contributed by atoms with Gasteiger partial charge in [-0.2, -0.15) is 5.10 Å². The highest BCUT2D eigenvalue weighted by molar-refractivity contribution is 5.99. The van der Waals surface area contributed by atoms with E-state index < -0.39 is 10.8 Å². The fourth-order valence-corrected chi connectivity index (χ4v) is 2.57. The van der Waals surface area contributed by atoms with Crippen molar-refractivity contribution >= 4 is 23.5 Å². The molecule has 0 fully saturated rings. The first-order valence-electron chi connectivity index (χ1n) is 9.15. The van der Waals surface area contributed by atoms with Crippen molar-refractivity contribution < 1.29 is 19.2 Å². The number of anilines is 1. The minimum atomic E-state index is -0.543. The molecule has 0 spiro atoms. The van der Waals surface area contributed by atoms with Crippen LogP contribution in [0.1, 0.15) is 42.1 Å². The molecule has 0 aliphatic rings. The highest BCUT2D eigenvalue weighted by Crippen LogP contribution is 2.38. The summed E-state index contributed by atoms with van der Waals surface area (Å²) >= 11 is 0. The zero-order valence-electron chi connectivity index (χ0n) is 16.4. The largest absolute Gasteiger partial charge is 0.493 e. The molecule has 0 aromatic heterocycles. The summed E-state index contributed by atoms with van der Waals surface area (Å²) in [6.45, 7) is 2.41. The summed E-state index contributed by atoms with van der Waals surface area (Å²) in [5, 5.41) is 15.3. The highest BCUT2D eigenvalue weighted by atomic mass is 16.6. The number of methoxy groups -OCH3 is 1. The smallest absolute Gasteiger partial charge is 0.315 e. The summed E-state index contributed by atoms with van der Waals surface area (Å²) in [6.07, 6.45) is 4.05. The first kappa shape index (κ1) is 21.7. The van der Waals surface area contributed by atoms with Crippen molar-refractivity contribution in [1.29, 1.82) is 0 Å². The van der Waals surface area contributed by atoms with Crippen LogP contribution < -0.4 is 20.6 Å². The number of ether oxygens (including phenoxy) is 2. The molecular weight excluding hydrogens is 376 g/mol. The van der Waals surface area contributed by atoms with E-state index in [2.05, 4.69) is 17.5 Å². The summed E-state index contributed by atoms with van der Waals surface area (Å²) in [7, 11) is 1.40. The number of hydrogen-bond donors (Lipinski definition) is 2. The van der Waals surface area contributed by atoms with Gasteiger partial charge in [0.25, 0.3) is 5.91 Å². The van der Waals surface area contributed by atoms with Gasteiger partial charge < -0.3 is 15.2 Å². The van der Waals surface area contributed by atoms with Gasteiger partial charge in [0.2, 0.25) is 5.75 Å². The normalized spacial score (nSPS) is 10.7. The molecule has 154 valence electrons. The number of nitrogens with zero attached hydrogens (tertiary/aromatic N) is 2. The lowest BCUT2D eigenvalue weighted by Crippen LogP contribution is -2.19. The Hall–Kier alpha value is -3.62. The molecule has 0 heterocycles. The van der Waals surface area contributed by atoms with Crippen molar-refractivity contribution in [2.75, 3.05) is 19.5 Å². The maximum absolute atomic E-state index is 12.1. The van der Waals surface area contributed by atoms with Crippen molar-refractivity contribution in [3.8, 4) is 11.5 Å². The lowest BCUT2D eigenvalue weighted by Gasteiger charge is -2.11. The minimum absolute atomic E-state index is 0.0758. The predicted molar refractivity (Wildman–Crippen MR) is 111 cm³/mol. The Balaban J connectivity index is 2.19. The highest BCUT2D eigenvalue weighted by Gasteiger charge is 2.22. The van der Waals surface area contributed by atoms with Crippen LogP contribution in [-0.4, -0.2) is 30.8 Å². The fourth-order valence-electron chi connectivity index (χ4n) is 2.57. The van der Waals surface area contributed by atoms with Crippen LogP contribution in [0.3, 0.4) is 0 Å². The van der Waals surface area contributed by atoms with Gasteiger partial charge in [0.1, 0.15) is 0 Å². The summed E-state index contributed by atoms with van der Waals surface area (Å²) in [5.74, 6) is -0.195. The van der Waals surface area contributed by atoms with E-state index in [0.29, 0.717) is 17.9 Å². The van der Waals surface area contributed by atoms with Gasteiger partial charge in [-0.15, -0.1) is 0 Å². The van der Waals surface area contributed by atoms with Gasteiger partial charge in [-0.05, 0) is 24.6 Å². The van der Waals surface area contributed by atoms with E-state index in [9.17, 15) is 14.9 Å². The zero-order valence-corrected chi connectivity index (χ0v) is 16.4. The Morgan fingerprint density at radius 2 is 2.07 bits per heavy atom. The van der Waals surface area contributed by atoms with Crippen molar-refractivity contribution in [3.63, 3.8) is 0 Å². The van der Waals surface area contributed by atoms with Crippen LogP contribution >= 0.6 is 0 Å². The second kappa shape index (κ2) is 10.6. The minimum Gasteiger partial charge on any atom is -0.493 e. The monoisotopic (exact) mass is 400 g/mol. The van der Waals surface area contributed by atoms with Gasteiger partial charge in [0.15, 0.2) is 5.75 Å². The molecular formula is C20H24N4O5. The summed E-state index contributed by atoms with van der Waals surface area (Å²) in [4.78, 5) is 23.1. The number of nitrogens with one attached hydrogen (secondary N) is 1. The van der Waals surface area contributed by atoms with E-state index in [1.807, 2.05) is 0 Å². The third-order valence-electron chi connectivity index (χ3n) is 4.05. The van der Waals surface area contributed by atoms with Crippen molar-refractivity contribution in [2.45, 2.75) is 26.2 Å². The first-order valence-corrected chi connectivity index (χ1v) is 9.15. The molecule has 2 aromatic carbocycles. The molecule has 0 saturated heterocycles. The summed E-state index contributed by atoms with van der Waals surface area (Å²) < 4.78 is 10.8. The molecule has 0 bridgehead atoms. The van der Waals surface area contributed by atoms with Crippen LogP contribution in [-0.2, 0) is 0 Å². The Morgan fingerprint density at radius 3 is 2.72 bits per heavy atom. The third-order valence-corrected chi connectivity index (χ3v) is 4.05. The molecule has 2 aromatic rings. The molecule has 0 unspecified atom stereocenters. The SMILES string of the molecule is CCCCCOc1c(OC)cc(/C=N\NC(=O)c2ccccc2N)cc1[N+](=O)[O-]. The number of nitrogen functional groups attached to an aromatic ring is 1. The molecule has 1 amide bonds. The number of hydrogen-bond acceptors (Lipinski definition) is 7. The number of amides is 1. The molecule has 3 N–H and O–H groups in total. The second-order valence-corrected chi connectivity index (χ2v) is 6.17. The topological polar surface area (TPSA) is 129 Å². The maximum Gasteiger partial charge on any atom is 0.315 e. The number of nitrogens with two attached hydrogens (primary N) is 1. The summed E-state index contributed by atoms with van der Waals surface area (Å²) in [6, 6.07) is 9.43. The lowest BCUT2D eigenvalue weighted by molar-refractivity contribution is -0.386. The van der Waals surface area contributed by atoms with Gasteiger partial charge >= 0.3 is 5.69 Å². The van der Waals surface area contributed by atoms with Gasteiger partial charge in [0, 0.05) is 17.3 Å². The van der Waals surface area contributed by atoms with Gasteiger partial charge in [-0.3, -0.25) is 14.9 Å². The Kier molecular flexibility index (Phi) is 7.96. The van der Waals surface area contributed by atoms with E-state index in [0.717, 1.165) is 19.3 Å². The average molecular weight is 400 g/mol. The molecule has 2 rings (SSSR count). The second-order valence-electron chi connectivity index (χ2n) is 6.17. The number of unbranched alkanes of at least 4 members (excludes halogenated alkanes) is 2. The first-order chi connectivity index (χ1) is 14.0. The predicted octanol–water partition coefficient (Wildman–Crippen LogP) is 3.52. The van der Waals surface area contributed by atoms with E-state index in [-0.39, 0.29) is 22.7 Å². The maximum atomic E-state index is 12.1. The van der Waals surface area contributed by atoms with Crippen LogP contribution in [0.25, 0.3) is 0 Å². The van der Waals surface area contributed by atoms with Crippen LogP contribution in [0, 0.1) is 10.1 Å². The summed E-state index contributed by atoms with van der Waals surface area (Å²) in [5.41, 5.74) is 8.84. The Labute approximate surface area is 168 Å². The number of para-hydroxylation sites is 1. The molecule has 0 saturated carbocycles. The van der Waals surface area contributed by atoms with Gasteiger partial charge in [0.05, 0.1) is 30.4 Å². The number of rotatable bonds is 10. The number of nitro benzene ring substituents is 1.